The van der Waals surface area contributed by atoms with E-state index in [0.717, 1.165) is 38.6 Å². The van der Waals surface area contributed by atoms with E-state index in [1.165, 1.54) is 5.57 Å². The van der Waals surface area contributed by atoms with Crippen LogP contribution >= 0.6 is 7.14 Å². The first-order valence-electron chi connectivity index (χ1n) is 12.0. The fourth-order valence-corrected chi connectivity index (χ4v) is 10.2. The second kappa shape index (κ2) is 8.56. The van der Waals surface area contributed by atoms with Crippen LogP contribution in [0, 0.1) is 5.41 Å². The van der Waals surface area contributed by atoms with Crippen LogP contribution in [0.1, 0.15) is 23.6 Å². The number of benzene rings is 4. The highest BCUT2D eigenvalue weighted by Gasteiger charge is 2.60. The zero-order chi connectivity index (χ0) is 23.9. The molecule has 2 nitrogen and oxygen atoms in total. The molecule has 2 heterocycles. The van der Waals surface area contributed by atoms with Gasteiger partial charge >= 0.3 is 0 Å². The standard InChI is InChI=1S/C32H27O2P/c1-32-23-35(33,31(26-18-10-4-11-19-26)29(32)24-14-6-2-7-15-24)30(25-16-8-3-9-17-25)28(32)22-34-27-20-12-5-13-21-27/h2-21H,22-23H2,1H3. The maximum absolute atomic E-state index is 15.3. The molecule has 4 aromatic rings. The molecule has 0 fully saturated rings. The van der Waals surface area contributed by atoms with Gasteiger partial charge in [0.05, 0.1) is 0 Å². The van der Waals surface area contributed by atoms with Crippen LogP contribution in [-0.4, -0.2) is 12.8 Å². The van der Waals surface area contributed by atoms with Crippen LogP contribution in [0.3, 0.4) is 0 Å². The SMILES string of the molecule is CC12CP(=O)(C(c3ccccc3)=C1COc1ccccc1)C(c1ccccc1)=C2c1ccccc1. The van der Waals surface area contributed by atoms with Gasteiger partial charge in [-0.25, -0.2) is 0 Å². The lowest BCUT2D eigenvalue weighted by atomic mass is 9.73. The third-order valence-electron chi connectivity index (χ3n) is 7.29. The highest BCUT2D eigenvalue weighted by Crippen LogP contribution is 2.84. The minimum atomic E-state index is -2.93. The summed E-state index contributed by atoms with van der Waals surface area (Å²) in [6.07, 6.45) is 0.603. The zero-order valence-corrected chi connectivity index (χ0v) is 20.6. The molecule has 0 N–H and O–H groups in total. The molecule has 0 radical (unpaired) electrons. The van der Waals surface area contributed by atoms with E-state index in [4.69, 9.17) is 4.74 Å². The predicted octanol–water partition coefficient (Wildman–Crippen LogP) is 8.44. The number of hydrogen-bond donors (Lipinski definition) is 0. The van der Waals surface area contributed by atoms with E-state index in [2.05, 4.69) is 55.5 Å². The van der Waals surface area contributed by atoms with Crippen molar-refractivity contribution in [3.05, 3.63) is 144 Å². The maximum atomic E-state index is 15.3. The van der Waals surface area contributed by atoms with E-state index in [-0.39, 0.29) is 5.41 Å². The number of hydrogen-bond acceptors (Lipinski definition) is 2. The summed E-state index contributed by atoms with van der Waals surface area (Å²) in [5.41, 5.74) is 5.15. The van der Waals surface area contributed by atoms with E-state index in [1.54, 1.807) is 0 Å². The van der Waals surface area contributed by atoms with Gasteiger partial charge in [0.1, 0.15) is 19.5 Å². The molecule has 35 heavy (non-hydrogen) atoms. The first-order valence-corrected chi connectivity index (χ1v) is 13.9. The molecule has 2 aliphatic rings. The molecule has 2 aliphatic heterocycles. The molecule has 2 bridgehead atoms. The summed E-state index contributed by atoms with van der Waals surface area (Å²) in [5, 5.41) is 1.99. The van der Waals surface area contributed by atoms with Crippen LogP contribution in [0.25, 0.3) is 16.2 Å². The van der Waals surface area contributed by atoms with Crippen molar-refractivity contribution in [2.45, 2.75) is 6.92 Å². The molecule has 172 valence electrons. The Morgan fingerprint density at radius 3 is 1.66 bits per heavy atom. The first-order chi connectivity index (χ1) is 17.1. The molecular weight excluding hydrogens is 447 g/mol. The number of allylic oxidation sites excluding steroid dienone is 1. The van der Waals surface area contributed by atoms with Crippen molar-refractivity contribution < 1.29 is 9.30 Å². The highest BCUT2D eigenvalue weighted by atomic mass is 31.2. The topological polar surface area (TPSA) is 26.3 Å². The van der Waals surface area contributed by atoms with Crippen molar-refractivity contribution in [3.63, 3.8) is 0 Å². The quantitative estimate of drug-likeness (QED) is 0.262. The van der Waals surface area contributed by atoms with Gasteiger partial charge in [0, 0.05) is 22.2 Å². The van der Waals surface area contributed by atoms with Crippen LogP contribution in [-0.2, 0) is 4.57 Å². The molecule has 0 amide bonds. The molecule has 0 aromatic heterocycles. The summed E-state index contributed by atoms with van der Waals surface area (Å²) >= 11 is 0. The van der Waals surface area contributed by atoms with Crippen LogP contribution in [0.5, 0.6) is 5.75 Å². The maximum Gasteiger partial charge on any atom is 0.146 e. The van der Waals surface area contributed by atoms with Crippen molar-refractivity contribution in [3.8, 4) is 5.75 Å². The van der Waals surface area contributed by atoms with Gasteiger partial charge < -0.3 is 9.30 Å². The monoisotopic (exact) mass is 474 g/mol. The second-order valence-corrected chi connectivity index (χ2v) is 12.2. The number of rotatable bonds is 6. The Balaban J connectivity index is 1.60. The van der Waals surface area contributed by atoms with Gasteiger partial charge in [-0.3, -0.25) is 0 Å². The molecule has 4 aromatic carbocycles. The normalized spacial score (nSPS) is 23.1. The van der Waals surface area contributed by atoms with Crippen molar-refractivity contribution >= 4 is 23.3 Å². The third-order valence-corrected chi connectivity index (χ3v) is 10.8. The van der Waals surface area contributed by atoms with Crippen LogP contribution < -0.4 is 4.74 Å². The summed E-state index contributed by atoms with van der Waals surface area (Å²) in [6, 6.07) is 40.9. The molecule has 2 atom stereocenters. The fraction of sp³-hybridized carbons (Fsp3) is 0.125. The summed E-state index contributed by atoms with van der Waals surface area (Å²) in [5.74, 6) is 0.825. The molecule has 6 rings (SSSR count). The van der Waals surface area contributed by atoms with Gasteiger partial charge in [-0.2, -0.15) is 0 Å². The Labute approximate surface area is 207 Å². The van der Waals surface area contributed by atoms with Crippen molar-refractivity contribution in [1.29, 1.82) is 0 Å². The van der Waals surface area contributed by atoms with Crippen LogP contribution in [0.2, 0.25) is 0 Å². The van der Waals surface area contributed by atoms with E-state index in [1.807, 2.05) is 72.8 Å². The molecule has 2 unspecified atom stereocenters. The molecule has 3 heteroatoms. The summed E-state index contributed by atoms with van der Waals surface area (Å²) in [6.45, 7) is 2.67. The van der Waals surface area contributed by atoms with Crippen molar-refractivity contribution in [1.82, 2.24) is 0 Å². The van der Waals surface area contributed by atoms with Crippen molar-refractivity contribution in [2.75, 3.05) is 12.8 Å². The van der Waals surface area contributed by atoms with Gasteiger partial charge in [-0.15, -0.1) is 0 Å². The number of fused-ring (bicyclic) bond motifs is 2. The van der Waals surface area contributed by atoms with E-state index < -0.39 is 7.14 Å². The number of ether oxygens (including phenoxy) is 1. The molecule has 0 spiro atoms. The lowest BCUT2D eigenvalue weighted by Gasteiger charge is -2.32. The average Bonchev–Trinajstić information content (AvgIpc) is 3.30. The summed E-state index contributed by atoms with van der Waals surface area (Å²) < 4.78 is 21.7. The largest absolute Gasteiger partial charge is 0.489 e. The summed E-state index contributed by atoms with van der Waals surface area (Å²) in [4.78, 5) is 0. The Morgan fingerprint density at radius 1 is 0.657 bits per heavy atom. The third kappa shape index (κ3) is 3.52. The average molecular weight is 475 g/mol. The number of para-hydroxylation sites is 1. The summed E-state index contributed by atoms with van der Waals surface area (Å²) in [7, 11) is -2.93. The molecule has 0 saturated heterocycles. The van der Waals surface area contributed by atoms with E-state index in [9.17, 15) is 0 Å². The van der Waals surface area contributed by atoms with Crippen LogP contribution in [0.15, 0.2) is 127 Å². The Hall–Kier alpha value is -3.61. The minimum Gasteiger partial charge on any atom is -0.489 e. The Bertz CT molecular complexity index is 1470. The lowest BCUT2D eigenvalue weighted by molar-refractivity contribution is 0.332. The van der Waals surface area contributed by atoms with Gasteiger partial charge in [-0.05, 0) is 40.0 Å². The molecule has 0 saturated carbocycles. The highest BCUT2D eigenvalue weighted by molar-refractivity contribution is 7.85. The van der Waals surface area contributed by atoms with Crippen molar-refractivity contribution in [2.24, 2.45) is 5.41 Å². The zero-order valence-electron chi connectivity index (χ0n) is 19.7. The minimum absolute atomic E-state index is 0.387. The van der Waals surface area contributed by atoms with Gasteiger partial charge in [0.25, 0.3) is 0 Å². The predicted molar refractivity (Wildman–Crippen MR) is 146 cm³/mol. The first kappa shape index (κ1) is 21.9. The molecule has 0 aliphatic carbocycles. The van der Waals surface area contributed by atoms with Gasteiger partial charge in [-0.1, -0.05) is 116 Å². The Morgan fingerprint density at radius 2 is 1.11 bits per heavy atom. The van der Waals surface area contributed by atoms with Crippen LogP contribution in [0.4, 0.5) is 0 Å². The Kier molecular flexibility index (Phi) is 5.35. The molecular formula is C32H27O2P. The van der Waals surface area contributed by atoms with E-state index >= 15 is 4.57 Å². The van der Waals surface area contributed by atoms with Gasteiger partial charge in [0.15, 0.2) is 0 Å². The van der Waals surface area contributed by atoms with E-state index in [0.29, 0.717) is 12.8 Å². The smallest absolute Gasteiger partial charge is 0.146 e. The second-order valence-electron chi connectivity index (χ2n) is 9.48. The van der Waals surface area contributed by atoms with Gasteiger partial charge in [0.2, 0.25) is 0 Å². The lowest BCUT2D eigenvalue weighted by Crippen LogP contribution is -2.24. The fourth-order valence-electron chi connectivity index (χ4n) is 5.85.